The maximum absolute atomic E-state index is 13.0. The number of carbonyl (C=O) groups is 1. The average molecular weight is 459 g/mol. The summed E-state index contributed by atoms with van der Waals surface area (Å²) in [6.45, 7) is 0. The van der Waals surface area contributed by atoms with Crippen molar-refractivity contribution in [2.75, 3.05) is 5.43 Å². The van der Waals surface area contributed by atoms with Crippen LogP contribution in [0.4, 0.5) is 5.69 Å². The van der Waals surface area contributed by atoms with Crippen LogP contribution >= 0.6 is 34.8 Å². The number of nitrogens with zero attached hydrogens (tertiary/aromatic N) is 3. The third-order valence-electron chi connectivity index (χ3n) is 4.22. The molecule has 9 heteroatoms. The van der Waals surface area contributed by atoms with E-state index in [0.29, 0.717) is 27.5 Å². The second kappa shape index (κ2) is 8.75. The van der Waals surface area contributed by atoms with Crippen LogP contribution in [0.1, 0.15) is 10.4 Å². The maximum atomic E-state index is 13.0. The summed E-state index contributed by atoms with van der Waals surface area (Å²) in [6, 6.07) is 16.2. The van der Waals surface area contributed by atoms with Gasteiger partial charge in [-0.3, -0.25) is 20.6 Å². The Labute approximate surface area is 187 Å². The molecular weight excluding hydrogens is 445 g/mol. The summed E-state index contributed by atoms with van der Waals surface area (Å²) >= 11 is 18.3. The van der Waals surface area contributed by atoms with Gasteiger partial charge in [0, 0.05) is 29.2 Å². The van der Waals surface area contributed by atoms with Gasteiger partial charge < -0.3 is 0 Å². The first-order valence-corrected chi connectivity index (χ1v) is 9.92. The summed E-state index contributed by atoms with van der Waals surface area (Å²) in [7, 11) is 0. The molecule has 2 N–H and O–H groups in total. The number of hydrogen-bond acceptors (Lipinski definition) is 4. The summed E-state index contributed by atoms with van der Waals surface area (Å²) in [6.07, 6.45) is 4.96. The van der Waals surface area contributed by atoms with Gasteiger partial charge in [-0.15, -0.1) is 0 Å². The molecule has 0 spiro atoms. The van der Waals surface area contributed by atoms with Crippen LogP contribution in [0.25, 0.3) is 16.9 Å². The van der Waals surface area contributed by atoms with E-state index in [1.54, 1.807) is 29.3 Å². The van der Waals surface area contributed by atoms with Gasteiger partial charge in [0.1, 0.15) is 5.69 Å². The molecule has 6 nitrogen and oxygen atoms in total. The summed E-state index contributed by atoms with van der Waals surface area (Å²) in [4.78, 5) is 17.1. The van der Waals surface area contributed by atoms with Gasteiger partial charge in [0.15, 0.2) is 0 Å². The number of carbonyl (C=O) groups excluding carboxylic acids is 1. The third-order valence-corrected chi connectivity index (χ3v) is 5.04. The highest BCUT2D eigenvalue weighted by molar-refractivity contribution is 6.41. The molecule has 0 fully saturated rings. The molecule has 0 saturated carbocycles. The zero-order valence-electron chi connectivity index (χ0n) is 15.3. The number of rotatable bonds is 5. The normalized spacial score (nSPS) is 10.6. The molecule has 0 atom stereocenters. The second-order valence-electron chi connectivity index (χ2n) is 6.24. The smallest absolute Gasteiger partial charge is 0.273 e. The molecule has 4 aromatic rings. The molecule has 0 unspecified atom stereocenters. The molecule has 30 heavy (non-hydrogen) atoms. The zero-order chi connectivity index (χ0) is 21.1. The minimum absolute atomic E-state index is 0.278. The number of hydrogen-bond donors (Lipinski definition) is 2. The summed E-state index contributed by atoms with van der Waals surface area (Å²) < 4.78 is 1.64. The Hall–Kier alpha value is -3.06. The zero-order valence-corrected chi connectivity index (χ0v) is 17.6. The number of nitrogens with one attached hydrogen (secondary N) is 2. The fourth-order valence-electron chi connectivity index (χ4n) is 2.82. The van der Waals surface area contributed by atoms with Gasteiger partial charge in [-0.05, 0) is 36.4 Å². The van der Waals surface area contributed by atoms with Crippen molar-refractivity contribution in [1.29, 1.82) is 0 Å². The van der Waals surface area contributed by atoms with Gasteiger partial charge in [0.05, 0.1) is 27.0 Å². The quantitative estimate of drug-likeness (QED) is 0.379. The number of aromatic nitrogens is 3. The van der Waals surface area contributed by atoms with E-state index in [1.165, 1.54) is 12.1 Å². The predicted molar refractivity (Wildman–Crippen MR) is 119 cm³/mol. The lowest BCUT2D eigenvalue weighted by Gasteiger charge is -2.12. The van der Waals surface area contributed by atoms with Crippen LogP contribution in [-0.2, 0) is 0 Å². The number of halogens is 3. The monoisotopic (exact) mass is 457 g/mol. The molecule has 4 rings (SSSR count). The van der Waals surface area contributed by atoms with E-state index >= 15 is 0 Å². The minimum atomic E-state index is -0.418. The first-order chi connectivity index (χ1) is 14.5. The highest BCUT2D eigenvalue weighted by Crippen LogP contribution is 2.33. The van der Waals surface area contributed by atoms with E-state index in [0.717, 1.165) is 5.69 Å². The molecule has 0 radical (unpaired) electrons. The molecule has 1 amide bonds. The number of hydrazine groups is 1. The third kappa shape index (κ3) is 4.26. The van der Waals surface area contributed by atoms with Crippen molar-refractivity contribution in [3.8, 4) is 16.9 Å². The van der Waals surface area contributed by atoms with Crippen LogP contribution in [0.3, 0.4) is 0 Å². The van der Waals surface area contributed by atoms with Crippen LogP contribution in [0, 0.1) is 0 Å². The van der Waals surface area contributed by atoms with Gasteiger partial charge in [0.2, 0.25) is 0 Å². The average Bonchev–Trinajstić information content (AvgIpc) is 3.20. The molecule has 2 aromatic carbocycles. The van der Waals surface area contributed by atoms with E-state index in [1.807, 2.05) is 36.4 Å². The first kappa shape index (κ1) is 20.2. The summed E-state index contributed by atoms with van der Waals surface area (Å²) in [5.41, 5.74) is 8.08. The second-order valence-corrected chi connectivity index (χ2v) is 7.49. The minimum Gasteiger partial charge on any atom is -0.295 e. The van der Waals surface area contributed by atoms with Crippen molar-refractivity contribution in [2.24, 2.45) is 0 Å². The van der Waals surface area contributed by atoms with Crippen molar-refractivity contribution >= 4 is 46.4 Å². The van der Waals surface area contributed by atoms with Gasteiger partial charge >= 0.3 is 0 Å². The highest BCUT2D eigenvalue weighted by atomic mass is 35.5. The molecule has 2 aromatic heterocycles. The lowest BCUT2D eigenvalue weighted by atomic mass is 10.1. The van der Waals surface area contributed by atoms with Crippen LogP contribution in [-0.4, -0.2) is 20.7 Å². The van der Waals surface area contributed by atoms with Crippen molar-refractivity contribution < 1.29 is 4.79 Å². The Bertz CT molecular complexity index is 1170. The number of anilines is 1. The van der Waals surface area contributed by atoms with Gasteiger partial charge in [-0.25, -0.2) is 4.68 Å². The standard InChI is InChI=1S/C21H14Cl3N5O/c22-14-9-17(23)20(18(24)10-14)26-27-21(30)16-12-29(15-6-2-1-3-7-15)28-19(16)13-5-4-8-25-11-13/h1-12,26H,(H,27,30). The highest BCUT2D eigenvalue weighted by Gasteiger charge is 2.19. The SMILES string of the molecule is O=C(NNc1c(Cl)cc(Cl)cc1Cl)c1cn(-c2ccccc2)nc1-c1cccnc1. The Morgan fingerprint density at radius 1 is 0.967 bits per heavy atom. The Balaban J connectivity index is 1.67. The lowest BCUT2D eigenvalue weighted by Crippen LogP contribution is -2.29. The topological polar surface area (TPSA) is 71.8 Å². The van der Waals surface area contributed by atoms with Gasteiger partial charge in [0.25, 0.3) is 5.91 Å². The summed E-state index contributed by atoms with van der Waals surface area (Å²) in [5.74, 6) is -0.418. The molecule has 0 aliphatic heterocycles. The molecule has 0 saturated heterocycles. The Morgan fingerprint density at radius 3 is 2.37 bits per heavy atom. The lowest BCUT2D eigenvalue weighted by molar-refractivity contribution is 0.0963. The number of pyridine rings is 1. The molecule has 0 bridgehead atoms. The number of benzene rings is 2. The van der Waals surface area contributed by atoms with Crippen molar-refractivity contribution in [2.45, 2.75) is 0 Å². The largest absolute Gasteiger partial charge is 0.295 e. The fourth-order valence-corrected chi connectivity index (χ4v) is 3.73. The van der Waals surface area contributed by atoms with Crippen molar-refractivity contribution in [3.05, 3.63) is 93.8 Å². The van der Waals surface area contributed by atoms with Gasteiger partial charge in [-0.2, -0.15) is 5.10 Å². The van der Waals surface area contributed by atoms with Gasteiger partial charge in [-0.1, -0.05) is 53.0 Å². The maximum Gasteiger partial charge on any atom is 0.273 e. The van der Waals surface area contributed by atoms with Crippen molar-refractivity contribution in [1.82, 2.24) is 20.2 Å². The van der Waals surface area contributed by atoms with Crippen LogP contribution < -0.4 is 10.9 Å². The van der Waals surface area contributed by atoms with Crippen molar-refractivity contribution in [3.63, 3.8) is 0 Å². The first-order valence-electron chi connectivity index (χ1n) is 8.79. The Kier molecular flexibility index (Phi) is 5.90. The van der Waals surface area contributed by atoms with Crippen LogP contribution in [0.5, 0.6) is 0 Å². The number of para-hydroxylation sites is 1. The van der Waals surface area contributed by atoms with E-state index in [2.05, 4.69) is 20.9 Å². The molecule has 150 valence electrons. The summed E-state index contributed by atoms with van der Waals surface area (Å²) in [5, 5.41) is 5.54. The van der Waals surface area contributed by atoms with E-state index in [9.17, 15) is 4.79 Å². The molecule has 2 heterocycles. The van der Waals surface area contributed by atoms with E-state index < -0.39 is 5.91 Å². The number of amides is 1. The molecule has 0 aliphatic carbocycles. The predicted octanol–water partition coefficient (Wildman–Crippen LogP) is 5.65. The fraction of sp³-hybridized carbons (Fsp3) is 0. The molecular formula is C21H14Cl3N5O. The van der Waals surface area contributed by atoms with Crippen LogP contribution in [0.15, 0.2) is 73.2 Å². The molecule has 0 aliphatic rings. The Morgan fingerprint density at radius 2 is 1.70 bits per heavy atom. The van der Waals surface area contributed by atoms with E-state index in [-0.39, 0.29) is 10.0 Å². The van der Waals surface area contributed by atoms with E-state index in [4.69, 9.17) is 34.8 Å². The van der Waals surface area contributed by atoms with Crippen LogP contribution in [0.2, 0.25) is 15.1 Å².